The first-order valence-electron chi connectivity index (χ1n) is 8.33. The summed E-state index contributed by atoms with van der Waals surface area (Å²) in [6, 6.07) is 0. The van der Waals surface area contributed by atoms with E-state index in [4.69, 9.17) is 5.73 Å². The average molecular weight is 322 g/mol. The Morgan fingerprint density at radius 1 is 1.27 bits per heavy atom. The van der Waals surface area contributed by atoms with Crippen LogP contribution in [-0.4, -0.2) is 11.8 Å². The molecule has 0 radical (unpaired) electrons. The Hall–Kier alpha value is -1.36. The summed E-state index contributed by atoms with van der Waals surface area (Å²) >= 11 is 1.54. The van der Waals surface area contributed by atoms with Gasteiger partial charge in [-0.1, -0.05) is 26.7 Å². The Morgan fingerprint density at radius 2 is 2.00 bits per heavy atom. The maximum atomic E-state index is 12.5. The second-order valence-electron chi connectivity index (χ2n) is 6.02. The summed E-state index contributed by atoms with van der Waals surface area (Å²) in [6.45, 7) is 4.16. The summed E-state index contributed by atoms with van der Waals surface area (Å²) in [7, 11) is 0. The molecule has 3 N–H and O–H groups in total. The first-order chi connectivity index (χ1) is 10.6. The maximum absolute atomic E-state index is 12.5. The van der Waals surface area contributed by atoms with Crippen molar-refractivity contribution in [1.29, 1.82) is 0 Å². The molecule has 0 aliphatic heterocycles. The first-order valence-corrected chi connectivity index (χ1v) is 9.15. The number of primary amides is 1. The van der Waals surface area contributed by atoms with Gasteiger partial charge >= 0.3 is 0 Å². The molecule has 0 bridgehead atoms. The van der Waals surface area contributed by atoms with Crippen molar-refractivity contribution in [2.24, 2.45) is 11.7 Å². The van der Waals surface area contributed by atoms with Gasteiger partial charge in [0.1, 0.15) is 5.00 Å². The van der Waals surface area contributed by atoms with Crippen LogP contribution < -0.4 is 11.1 Å². The highest BCUT2D eigenvalue weighted by molar-refractivity contribution is 7.17. The van der Waals surface area contributed by atoms with Gasteiger partial charge in [0.15, 0.2) is 0 Å². The van der Waals surface area contributed by atoms with Crippen LogP contribution >= 0.6 is 11.3 Å². The molecule has 1 unspecified atom stereocenters. The van der Waals surface area contributed by atoms with E-state index in [1.807, 2.05) is 6.92 Å². The Kier molecular flexibility index (Phi) is 6.00. The number of nitrogens with two attached hydrogens (primary N) is 1. The lowest BCUT2D eigenvalue weighted by atomic mass is 9.95. The SMILES string of the molecule is CCCCC(CC)C(=O)Nc1sc2c(c1C(N)=O)CCCC2. The quantitative estimate of drug-likeness (QED) is 0.799. The van der Waals surface area contributed by atoms with Crippen molar-refractivity contribution in [2.45, 2.75) is 65.2 Å². The van der Waals surface area contributed by atoms with Gasteiger partial charge in [0.2, 0.25) is 5.91 Å². The van der Waals surface area contributed by atoms with Gasteiger partial charge in [-0.2, -0.15) is 0 Å². The van der Waals surface area contributed by atoms with Gasteiger partial charge in [-0.3, -0.25) is 9.59 Å². The minimum absolute atomic E-state index is 0.0137. The van der Waals surface area contributed by atoms with Crippen molar-refractivity contribution in [3.8, 4) is 0 Å². The minimum Gasteiger partial charge on any atom is -0.365 e. The summed E-state index contributed by atoms with van der Waals surface area (Å²) < 4.78 is 0. The molecule has 4 nitrogen and oxygen atoms in total. The molecule has 0 aromatic carbocycles. The molecule has 1 aliphatic rings. The second-order valence-corrected chi connectivity index (χ2v) is 7.12. The van der Waals surface area contributed by atoms with Crippen molar-refractivity contribution in [3.05, 3.63) is 16.0 Å². The lowest BCUT2D eigenvalue weighted by Gasteiger charge is -2.14. The van der Waals surface area contributed by atoms with Gasteiger partial charge in [0, 0.05) is 10.8 Å². The van der Waals surface area contributed by atoms with Crippen LogP contribution in [0.1, 0.15) is 73.2 Å². The number of carbonyl (C=O) groups is 2. The van der Waals surface area contributed by atoms with Crippen LogP contribution in [0.3, 0.4) is 0 Å². The lowest BCUT2D eigenvalue weighted by molar-refractivity contribution is -0.120. The van der Waals surface area contributed by atoms with E-state index in [1.165, 1.54) is 16.2 Å². The molecule has 5 heteroatoms. The number of hydrogen-bond donors (Lipinski definition) is 2. The number of thiophene rings is 1. The van der Waals surface area contributed by atoms with Crippen molar-refractivity contribution in [1.82, 2.24) is 0 Å². The minimum atomic E-state index is -0.420. The lowest BCUT2D eigenvalue weighted by Crippen LogP contribution is -2.24. The molecule has 1 aliphatic carbocycles. The van der Waals surface area contributed by atoms with E-state index in [2.05, 4.69) is 12.2 Å². The van der Waals surface area contributed by atoms with Crippen LogP contribution in [0, 0.1) is 5.92 Å². The number of rotatable bonds is 7. The van der Waals surface area contributed by atoms with E-state index in [9.17, 15) is 9.59 Å². The predicted octanol–water partition coefficient (Wildman–Crippen LogP) is 3.88. The molecular weight excluding hydrogens is 296 g/mol. The average Bonchev–Trinajstić information content (AvgIpc) is 2.85. The van der Waals surface area contributed by atoms with Crippen LogP contribution in [0.25, 0.3) is 0 Å². The molecule has 2 amide bonds. The Bertz CT molecular complexity index is 551. The highest BCUT2D eigenvalue weighted by Crippen LogP contribution is 2.38. The number of nitrogens with one attached hydrogen (secondary N) is 1. The van der Waals surface area contributed by atoms with E-state index in [0.29, 0.717) is 10.6 Å². The van der Waals surface area contributed by atoms with E-state index in [0.717, 1.165) is 56.9 Å². The Labute approximate surface area is 136 Å². The first kappa shape index (κ1) is 17.0. The molecule has 0 fully saturated rings. The molecule has 22 heavy (non-hydrogen) atoms. The van der Waals surface area contributed by atoms with Crippen molar-refractivity contribution < 1.29 is 9.59 Å². The number of anilines is 1. The molecule has 0 saturated carbocycles. The van der Waals surface area contributed by atoms with Gasteiger partial charge in [-0.15, -0.1) is 11.3 Å². The third kappa shape index (κ3) is 3.69. The van der Waals surface area contributed by atoms with Crippen molar-refractivity contribution in [3.63, 3.8) is 0 Å². The highest BCUT2D eigenvalue weighted by Gasteiger charge is 2.26. The number of hydrogen-bond acceptors (Lipinski definition) is 3. The van der Waals surface area contributed by atoms with Crippen LogP contribution in [0.4, 0.5) is 5.00 Å². The molecule has 1 heterocycles. The zero-order valence-corrected chi connectivity index (χ0v) is 14.4. The summed E-state index contributed by atoms with van der Waals surface area (Å²) in [5.74, 6) is -0.381. The summed E-state index contributed by atoms with van der Waals surface area (Å²) in [6.07, 6.45) is 7.98. The predicted molar refractivity (Wildman–Crippen MR) is 91.4 cm³/mol. The maximum Gasteiger partial charge on any atom is 0.251 e. The molecule has 0 spiro atoms. The monoisotopic (exact) mass is 322 g/mol. The molecule has 1 aromatic rings. The highest BCUT2D eigenvalue weighted by atomic mass is 32.1. The number of unbranched alkanes of at least 4 members (excludes halogenated alkanes) is 1. The fourth-order valence-electron chi connectivity index (χ4n) is 3.10. The third-order valence-electron chi connectivity index (χ3n) is 4.42. The number of aryl methyl sites for hydroxylation is 1. The summed E-state index contributed by atoms with van der Waals surface area (Å²) in [5, 5.41) is 3.65. The molecular formula is C17H26N2O2S. The van der Waals surface area contributed by atoms with Crippen LogP contribution in [-0.2, 0) is 17.6 Å². The van der Waals surface area contributed by atoms with Gasteiger partial charge < -0.3 is 11.1 Å². The number of carbonyl (C=O) groups excluding carboxylic acids is 2. The summed E-state index contributed by atoms with van der Waals surface area (Å²) in [5.41, 5.74) is 7.19. The molecule has 1 aromatic heterocycles. The second kappa shape index (κ2) is 7.77. The van der Waals surface area contributed by atoms with Crippen LogP contribution in [0.2, 0.25) is 0 Å². The zero-order chi connectivity index (χ0) is 16.1. The smallest absolute Gasteiger partial charge is 0.251 e. The standard InChI is InChI=1S/C17H26N2O2S/c1-3-5-8-11(4-2)16(21)19-17-14(15(18)20)12-9-6-7-10-13(12)22-17/h11H,3-10H2,1-2H3,(H2,18,20)(H,19,21). The van der Waals surface area contributed by atoms with E-state index in [1.54, 1.807) is 0 Å². The van der Waals surface area contributed by atoms with Crippen LogP contribution in [0.15, 0.2) is 0 Å². The van der Waals surface area contributed by atoms with E-state index < -0.39 is 5.91 Å². The largest absolute Gasteiger partial charge is 0.365 e. The molecule has 2 rings (SSSR count). The van der Waals surface area contributed by atoms with Gasteiger partial charge in [-0.05, 0) is 44.1 Å². The van der Waals surface area contributed by atoms with Gasteiger partial charge in [0.25, 0.3) is 5.91 Å². The molecule has 122 valence electrons. The van der Waals surface area contributed by atoms with Crippen LogP contribution in [0.5, 0.6) is 0 Å². The van der Waals surface area contributed by atoms with Crippen molar-refractivity contribution in [2.75, 3.05) is 5.32 Å². The van der Waals surface area contributed by atoms with Gasteiger partial charge in [0.05, 0.1) is 5.56 Å². The van der Waals surface area contributed by atoms with Crippen molar-refractivity contribution >= 4 is 28.2 Å². The fraction of sp³-hybridized carbons (Fsp3) is 0.647. The summed E-state index contributed by atoms with van der Waals surface area (Å²) in [4.78, 5) is 25.5. The fourth-order valence-corrected chi connectivity index (χ4v) is 4.40. The van der Waals surface area contributed by atoms with E-state index in [-0.39, 0.29) is 11.8 Å². The van der Waals surface area contributed by atoms with Gasteiger partial charge in [-0.25, -0.2) is 0 Å². The molecule has 1 atom stereocenters. The Morgan fingerprint density at radius 3 is 2.64 bits per heavy atom. The normalized spacial score (nSPS) is 15.2. The Balaban J connectivity index is 2.19. The number of amides is 2. The zero-order valence-electron chi connectivity index (χ0n) is 13.5. The number of fused-ring (bicyclic) bond motifs is 1. The third-order valence-corrected chi connectivity index (χ3v) is 5.63. The molecule has 0 saturated heterocycles. The van der Waals surface area contributed by atoms with E-state index >= 15 is 0 Å². The topological polar surface area (TPSA) is 72.2 Å².